The topological polar surface area (TPSA) is 245 Å². The van der Waals surface area contributed by atoms with Crippen molar-refractivity contribution in [1.82, 2.24) is 26.6 Å². The Kier molecular flexibility index (Phi) is 24.0. The standard InChI is InChI=1S/C52H74N10O4/c1-2-3-4-5-6-7-14-23-47(63)60-46(37-39-26-31-43(32-27-39)41-20-12-9-13-21-41)50(66)61-44(22-17-36-59-52(55)56)49(65)62-45(48(64)57-34-15-16-35-58-51(53)54)33-28-38-24-29-42(30-25-38)40-18-10-8-11-19-40/h8-13,18-21,24-27,29-32,44-46,52,59H,2-7,14-17,22-23,28,33-37,55-56H2,1H3,(H,57,64)(H,60,63)(H,61,66)(H,62,65)(H4,53,54,58). The van der Waals surface area contributed by atoms with Crippen molar-refractivity contribution < 1.29 is 19.2 Å². The second-order valence-corrected chi connectivity index (χ2v) is 16.9. The van der Waals surface area contributed by atoms with E-state index in [1.165, 1.54) is 19.3 Å². The van der Waals surface area contributed by atoms with Crippen LogP contribution >= 0.6 is 0 Å². The maximum Gasteiger partial charge on any atom is 0.243 e. The summed E-state index contributed by atoms with van der Waals surface area (Å²) in [7, 11) is 0. The molecule has 14 heteroatoms. The van der Waals surface area contributed by atoms with Gasteiger partial charge in [0.1, 0.15) is 24.4 Å². The number of amides is 4. The van der Waals surface area contributed by atoms with Gasteiger partial charge in [0.05, 0.1) is 0 Å². The second-order valence-electron chi connectivity index (χ2n) is 16.9. The van der Waals surface area contributed by atoms with Gasteiger partial charge in [-0.3, -0.25) is 29.5 Å². The number of aryl methyl sites for hydroxylation is 1. The fourth-order valence-electron chi connectivity index (χ4n) is 7.66. The maximum absolute atomic E-state index is 14.4. The van der Waals surface area contributed by atoms with Crippen LogP contribution < -0.4 is 49.5 Å². The summed E-state index contributed by atoms with van der Waals surface area (Å²) in [6, 6.07) is 33.2. The third-order valence-electron chi connectivity index (χ3n) is 11.4. The van der Waals surface area contributed by atoms with E-state index >= 15 is 0 Å². The van der Waals surface area contributed by atoms with Crippen molar-refractivity contribution in [2.75, 3.05) is 19.6 Å². The van der Waals surface area contributed by atoms with Gasteiger partial charge in [-0.25, -0.2) is 0 Å². The monoisotopic (exact) mass is 903 g/mol. The Morgan fingerprint density at radius 1 is 0.530 bits per heavy atom. The minimum absolute atomic E-state index is 0.0107. The number of rotatable bonds is 31. The fraction of sp³-hybridized carbons (Fsp3) is 0.442. The SMILES string of the molecule is CCCCCCCCCC(=O)NC(Cc1ccc(-c2ccccc2)cc1)C(=O)NC(CCCNC(N)N)C(=O)NC(CCc1ccc(-c2ccccc2)cc1)C(=O)NCCCCN=C(N)N. The molecule has 0 saturated carbocycles. The summed E-state index contributed by atoms with van der Waals surface area (Å²) >= 11 is 0. The van der Waals surface area contributed by atoms with E-state index < -0.39 is 36.2 Å². The number of hydrogen-bond acceptors (Lipinski definition) is 8. The zero-order valence-corrected chi connectivity index (χ0v) is 38.8. The molecule has 0 aliphatic heterocycles. The van der Waals surface area contributed by atoms with E-state index in [0.717, 1.165) is 59.1 Å². The first-order valence-corrected chi connectivity index (χ1v) is 23.8. The molecule has 4 aromatic carbocycles. The number of hydrogen-bond donors (Lipinski definition) is 9. The van der Waals surface area contributed by atoms with E-state index in [1.54, 1.807) is 0 Å². The molecule has 0 heterocycles. The molecule has 0 spiro atoms. The quantitative estimate of drug-likeness (QED) is 0.0133. The molecule has 0 aliphatic carbocycles. The molecule has 0 radical (unpaired) electrons. The van der Waals surface area contributed by atoms with Crippen molar-refractivity contribution in [3.05, 3.63) is 120 Å². The predicted octanol–water partition coefficient (Wildman–Crippen LogP) is 5.53. The van der Waals surface area contributed by atoms with Gasteiger partial charge in [-0.15, -0.1) is 0 Å². The Morgan fingerprint density at radius 2 is 1.06 bits per heavy atom. The highest BCUT2D eigenvalue weighted by atomic mass is 16.2. The first-order valence-electron chi connectivity index (χ1n) is 23.8. The van der Waals surface area contributed by atoms with Crippen LogP contribution in [0.3, 0.4) is 0 Å². The molecular formula is C52H74N10O4. The largest absolute Gasteiger partial charge is 0.370 e. The number of carbonyl (C=O) groups excluding carboxylic acids is 4. The number of guanidine groups is 1. The minimum atomic E-state index is -1.05. The summed E-state index contributed by atoms with van der Waals surface area (Å²) < 4.78 is 0. The number of nitrogens with zero attached hydrogens (tertiary/aromatic N) is 1. The molecule has 3 unspecified atom stereocenters. The third-order valence-corrected chi connectivity index (χ3v) is 11.4. The lowest BCUT2D eigenvalue weighted by molar-refractivity contribution is -0.134. The van der Waals surface area contributed by atoms with E-state index in [2.05, 4.69) is 50.6 Å². The molecule has 0 bridgehead atoms. The second kappa shape index (κ2) is 30.2. The summed E-state index contributed by atoms with van der Waals surface area (Å²) in [5.41, 5.74) is 28.5. The Balaban J connectivity index is 1.52. The van der Waals surface area contributed by atoms with Crippen LogP contribution in [0.15, 0.2) is 114 Å². The molecule has 0 saturated heterocycles. The molecule has 4 amide bonds. The van der Waals surface area contributed by atoms with Gasteiger partial charge in [-0.05, 0) is 84.9 Å². The van der Waals surface area contributed by atoms with Crippen molar-refractivity contribution in [1.29, 1.82) is 0 Å². The van der Waals surface area contributed by atoms with E-state index in [-0.39, 0.29) is 30.6 Å². The molecular weight excluding hydrogens is 829 g/mol. The van der Waals surface area contributed by atoms with Crippen LogP contribution in [-0.4, -0.2) is 73.6 Å². The first kappa shape index (κ1) is 52.5. The molecule has 13 N–H and O–H groups in total. The molecule has 0 fully saturated rings. The van der Waals surface area contributed by atoms with Crippen molar-refractivity contribution >= 4 is 29.6 Å². The number of unbranched alkanes of at least 4 members (excludes halogenated alkanes) is 7. The Hall–Kier alpha value is -6.09. The molecule has 4 aromatic rings. The normalized spacial score (nSPS) is 12.4. The van der Waals surface area contributed by atoms with Gasteiger partial charge < -0.3 is 44.2 Å². The zero-order chi connectivity index (χ0) is 47.4. The summed E-state index contributed by atoms with van der Waals surface area (Å²) in [4.78, 5) is 60.0. The van der Waals surface area contributed by atoms with Gasteiger partial charge in [-0.1, -0.05) is 155 Å². The number of carbonyl (C=O) groups is 4. The van der Waals surface area contributed by atoms with Gasteiger partial charge in [0.25, 0.3) is 0 Å². The Labute approximate surface area is 391 Å². The first-order chi connectivity index (χ1) is 32.0. The van der Waals surface area contributed by atoms with E-state index in [9.17, 15) is 19.2 Å². The third kappa shape index (κ3) is 20.4. The van der Waals surface area contributed by atoms with Crippen LogP contribution in [0.2, 0.25) is 0 Å². The van der Waals surface area contributed by atoms with Crippen LogP contribution in [0.1, 0.15) is 102 Å². The molecule has 14 nitrogen and oxygen atoms in total. The lowest BCUT2D eigenvalue weighted by Gasteiger charge is -2.26. The highest BCUT2D eigenvalue weighted by Crippen LogP contribution is 2.22. The van der Waals surface area contributed by atoms with Crippen molar-refractivity contribution in [2.45, 2.75) is 128 Å². The van der Waals surface area contributed by atoms with E-state index in [4.69, 9.17) is 22.9 Å². The number of nitrogens with two attached hydrogens (primary N) is 4. The lowest BCUT2D eigenvalue weighted by atomic mass is 9.99. The van der Waals surface area contributed by atoms with Gasteiger partial charge >= 0.3 is 0 Å². The van der Waals surface area contributed by atoms with Crippen LogP contribution in [-0.2, 0) is 32.0 Å². The lowest BCUT2D eigenvalue weighted by Crippen LogP contribution is -2.57. The minimum Gasteiger partial charge on any atom is -0.370 e. The summed E-state index contributed by atoms with van der Waals surface area (Å²) in [5, 5.41) is 14.8. The molecule has 4 rings (SSSR count). The molecule has 0 aromatic heterocycles. The number of nitrogens with one attached hydrogen (secondary N) is 5. The summed E-state index contributed by atoms with van der Waals surface area (Å²) in [6.45, 7) is 3.36. The average Bonchev–Trinajstić information content (AvgIpc) is 3.32. The van der Waals surface area contributed by atoms with Crippen LogP contribution in [0.25, 0.3) is 22.3 Å². The summed E-state index contributed by atoms with van der Waals surface area (Å²) in [5.74, 6) is -1.58. The molecule has 3 atom stereocenters. The van der Waals surface area contributed by atoms with Gasteiger partial charge in [0.2, 0.25) is 23.6 Å². The highest BCUT2D eigenvalue weighted by molar-refractivity contribution is 5.94. The molecule has 0 aliphatic rings. The van der Waals surface area contributed by atoms with E-state index in [1.807, 2.05) is 97.1 Å². The maximum atomic E-state index is 14.4. The summed E-state index contributed by atoms with van der Waals surface area (Å²) in [6.07, 6.45) is 9.89. The van der Waals surface area contributed by atoms with Gasteiger partial charge in [0, 0.05) is 25.9 Å². The Morgan fingerprint density at radius 3 is 1.64 bits per heavy atom. The van der Waals surface area contributed by atoms with Crippen LogP contribution in [0, 0.1) is 0 Å². The predicted molar refractivity (Wildman–Crippen MR) is 267 cm³/mol. The van der Waals surface area contributed by atoms with Gasteiger partial charge in [0.15, 0.2) is 5.96 Å². The Bertz CT molecular complexity index is 2040. The molecule has 66 heavy (non-hydrogen) atoms. The smallest absolute Gasteiger partial charge is 0.243 e. The highest BCUT2D eigenvalue weighted by Gasteiger charge is 2.30. The van der Waals surface area contributed by atoms with E-state index in [0.29, 0.717) is 58.2 Å². The van der Waals surface area contributed by atoms with Crippen molar-refractivity contribution in [3.63, 3.8) is 0 Å². The molecule has 356 valence electrons. The van der Waals surface area contributed by atoms with Crippen molar-refractivity contribution in [3.8, 4) is 22.3 Å². The van der Waals surface area contributed by atoms with Crippen molar-refractivity contribution in [2.24, 2.45) is 27.9 Å². The van der Waals surface area contributed by atoms with Crippen LogP contribution in [0.5, 0.6) is 0 Å². The fourth-order valence-corrected chi connectivity index (χ4v) is 7.66. The van der Waals surface area contributed by atoms with Crippen LogP contribution in [0.4, 0.5) is 0 Å². The van der Waals surface area contributed by atoms with Gasteiger partial charge in [-0.2, -0.15) is 0 Å². The zero-order valence-electron chi connectivity index (χ0n) is 38.8. The number of benzene rings is 4. The number of aliphatic imine (C=N–C) groups is 1. The average molecular weight is 903 g/mol.